The predicted molar refractivity (Wildman–Crippen MR) is 105 cm³/mol. The van der Waals surface area contributed by atoms with Crippen LogP contribution in [0.4, 0.5) is 0 Å². The second-order valence-corrected chi connectivity index (χ2v) is 6.94. The first kappa shape index (κ1) is 20.1. The summed E-state index contributed by atoms with van der Waals surface area (Å²) in [6.07, 6.45) is 2.96. The molecule has 0 saturated heterocycles. The number of imide groups is 1. The monoisotopic (exact) mass is 422 g/mol. The van der Waals surface area contributed by atoms with Crippen molar-refractivity contribution in [2.75, 3.05) is 13.7 Å². The van der Waals surface area contributed by atoms with Crippen LogP contribution in [-0.2, 0) is 22.6 Å². The highest BCUT2D eigenvalue weighted by Crippen LogP contribution is 2.26. The minimum Gasteiger partial charge on any atom is -0.467 e. The number of fused-ring (bicyclic) bond motifs is 1. The molecule has 158 valence electrons. The van der Waals surface area contributed by atoms with Crippen LogP contribution in [0.2, 0.25) is 0 Å². The maximum Gasteiger partial charge on any atom is 0.338 e. The molecule has 9 heteroatoms. The van der Waals surface area contributed by atoms with Crippen molar-refractivity contribution in [1.29, 1.82) is 0 Å². The Balaban J connectivity index is 1.39. The van der Waals surface area contributed by atoms with Gasteiger partial charge in [0.2, 0.25) is 0 Å². The van der Waals surface area contributed by atoms with Gasteiger partial charge >= 0.3 is 5.97 Å². The summed E-state index contributed by atoms with van der Waals surface area (Å²) >= 11 is 0. The number of amides is 3. The Hall–Kier alpha value is -4.14. The molecule has 0 saturated carbocycles. The molecule has 9 nitrogen and oxygen atoms in total. The molecule has 3 heterocycles. The molecule has 0 fully saturated rings. The summed E-state index contributed by atoms with van der Waals surface area (Å²) in [5, 5.41) is 0. The van der Waals surface area contributed by atoms with E-state index >= 15 is 0 Å². The summed E-state index contributed by atoms with van der Waals surface area (Å²) in [6.45, 7) is -0.232. The lowest BCUT2D eigenvalue weighted by molar-refractivity contribution is -0.134. The fourth-order valence-corrected chi connectivity index (χ4v) is 3.16. The zero-order valence-corrected chi connectivity index (χ0v) is 16.6. The Kier molecular flexibility index (Phi) is 5.40. The Morgan fingerprint density at radius 2 is 1.65 bits per heavy atom. The number of furan rings is 2. The average molecular weight is 422 g/mol. The van der Waals surface area contributed by atoms with Crippen molar-refractivity contribution in [2.45, 2.75) is 13.1 Å². The highest BCUT2D eigenvalue weighted by Gasteiger charge is 2.36. The van der Waals surface area contributed by atoms with Gasteiger partial charge in [-0.1, -0.05) is 0 Å². The van der Waals surface area contributed by atoms with Gasteiger partial charge in [-0.2, -0.15) is 0 Å². The molecular weight excluding hydrogens is 404 g/mol. The van der Waals surface area contributed by atoms with Gasteiger partial charge in [0.05, 0.1) is 42.3 Å². The number of rotatable bonds is 7. The van der Waals surface area contributed by atoms with Gasteiger partial charge in [0.15, 0.2) is 6.61 Å². The van der Waals surface area contributed by atoms with E-state index in [0.29, 0.717) is 11.5 Å². The predicted octanol–water partition coefficient (Wildman–Crippen LogP) is 2.48. The van der Waals surface area contributed by atoms with E-state index in [2.05, 4.69) is 0 Å². The number of esters is 1. The second kappa shape index (κ2) is 8.31. The van der Waals surface area contributed by atoms with E-state index in [1.54, 1.807) is 31.3 Å². The summed E-state index contributed by atoms with van der Waals surface area (Å²) in [4.78, 5) is 52.1. The largest absolute Gasteiger partial charge is 0.467 e. The van der Waals surface area contributed by atoms with Gasteiger partial charge in [0, 0.05) is 7.05 Å². The molecule has 2 aromatic heterocycles. The molecule has 0 unspecified atom stereocenters. The van der Waals surface area contributed by atoms with E-state index in [1.165, 1.54) is 35.6 Å². The molecule has 0 aliphatic carbocycles. The van der Waals surface area contributed by atoms with Crippen LogP contribution >= 0.6 is 0 Å². The Bertz CT molecular complexity index is 1130. The fourth-order valence-electron chi connectivity index (χ4n) is 3.16. The summed E-state index contributed by atoms with van der Waals surface area (Å²) in [5.74, 6) is -1.12. The van der Waals surface area contributed by atoms with E-state index in [4.69, 9.17) is 13.6 Å². The van der Waals surface area contributed by atoms with Crippen molar-refractivity contribution in [3.05, 3.63) is 83.2 Å². The molecule has 3 amide bonds. The van der Waals surface area contributed by atoms with Gasteiger partial charge < -0.3 is 18.5 Å². The van der Waals surface area contributed by atoms with Crippen LogP contribution < -0.4 is 0 Å². The van der Waals surface area contributed by atoms with Crippen LogP contribution in [0.3, 0.4) is 0 Å². The third kappa shape index (κ3) is 4.11. The quantitative estimate of drug-likeness (QED) is 0.425. The molecule has 0 spiro atoms. The van der Waals surface area contributed by atoms with Gasteiger partial charge in [-0.15, -0.1) is 0 Å². The molecule has 0 radical (unpaired) electrons. The van der Waals surface area contributed by atoms with Crippen LogP contribution in [0.5, 0.6) is 0 Å². The minimum absolute atomic E-state index is 0.00433. The zero-order valence-electron chi connectivity index (χ0n) is 16.6. The van der Waals surface area contributed by atoms with E-state index in [1.807, 2.05) is 0 Å². The number of carbonyl (C=O) groups is 4. The fraction of sp³-hybridized carbons (Fsp3) is 0.182. The van der Waals surface area contributed by atoms with Gasteiger partial charge in [0.1, 0.15) is 11.5 Å². The first-order valence-corrected chi connectivity index (χ1v) is 9.40. The lowest BCUT2D eigenvalue weighted by Gasteiger charge is -2.15. The highest BCUT2D eigenvalue weighted by molar-refractivity contribution is 6.21. The zero-order chi connectivity index (χ0) is 22.0. The Morgan fingerprint density at radius 3 is 2.32 bits per heavy atom. The van der Waals surface area contributed by atoms with Crippen LogP contribution in [0.25, 0.3) is 0 Å². The molecule has 0 bridgehead atoms. The Labute approximate surface area is 176 Å². The third-order valence-electron chi connectivity index (χ3n) is 4.83. The maximum atomic E-state index is 12.7. The SMILES string of the molecule is CN(Cc1ccco1)C(=O)COC(=O)c1ccc2c(c1)C(=O)N(Cc1ccco1)C2=O. The highest BCUT2D eigenvalue weighted by atomic mass is 16.5. The van der Waals surface area contributed by atoms with E-state index in [-0.39, 0.29) is 29.8 Å². The third-order valence-corrected chi connectivity index (χ3v) is 4.83. The lowest BCUT2D eigenvalue weighted by atomic mass is 10.1. The molecule has 4 rings (SSSR count). The molecule has 0 atom stereocenters. The van der Waals surface area contributed by atoms with Gasteiger partial charge in [-0.05, 0) is 42.5 Å². The first-order valence-electron chi connectivity index (χ1n) is 9.40. The topological polar surface area (TPSA) is 110 Å². The number of benzene rings is 1. The van der Waals surface area contributed by atoms with Crippen molar-refractivity contribution < 1.29 is 32.7 Å². The molecule has 0 N–H and O–H groups in total. The molecule has 3 aromatic rings. The van der Waals surface area contributed by atoms with Crippen molar-refractivity contribution in [3.8, 4) is 0 Å². The van der Waals surface area contributed by atoms with E-state index in [9.17, 15) is 19.2 Å². The van der Waals surface area contributed by atoms with Crippen LogP contribution in [0.15, 0.2) is 63.8 Å². The number of carbonyl (C=O) groups excluding carboxylic acids is 4. The maximum absolute atomic E-state index is 12.7. The van der Waals surface area contributed by atoms with Crippen molar-refractivity contribution in [1.82, 2.24) is 9.80 Å². The van der Waals surface area contributed by atoms with Gasteiger partial charge in [0.25, 0.3) is 17.7 Å². The summed E-state index contributed by atoms with van der Waals surface area (Å²) < 4.78 is 15.5. The Morgan fingerprint density at radius 1 is 0.968 bits per heavy atom. The molecular formula is C22H18N2O7. The number of nitrogens with zero attached hydrogens (tertiary/aromatic N) is 2. The van der Waals surface area contributed by atoms with Gasteiger partial charge in [-0.3, -0.25) is 19.3 Å². The molecule has 31 heavy (non-hydrogen) atoms. The number of likely N-dealkylation sites (N-methyl/N-ethyl adjacent to an activating group) is 1. The first-order chi connectivity index (χ1) is 14.9. The van der Waals surface area contributed by atoms with Crippen molar-refractivity contribution in [2.24, 2.45) is 0 Å². The number of hydrogen-bond donors (Lipinski definition) is 0. The normalized spacial score (nSPS) is 12.7. The lowest BCUT2D eigenvalue weighted by Crippen LogP contribution is -2.30. The van der Waals surface area contributed by atoms with Gasteiger partial charge in [-0.25, -0.2) is 4.79 Å². The van der Waals surface area contributed by atoms with Crippen LogP contribution in [0.1, 0.15) is 42.6 Å². The van der Waals surface area contributed by atoms with E-state index < -0.39 is 30.3 Å². The number of hydrogen-bond acceptors (Lipinski definition) is 7. The van der Waals surface area contributed by atoms with Crippen LogP contribution in [-0.4, -0.2) is 47.1 Å². The minimum atomic E-state index is -0.771. The van der Waals surface area contributed by atoms with Crippen molar-refractivity contribution >= 4 is 23.7 Å². The molecule has 1 aliphatic rings. The number of ether oxygens (including phenoxy) is 1. The summed E-state index contributed by atoms with van der Waals surface area (Å²) in [6, 6.07) is 10.9. The smallest absolute Gasteiger partial charge is 0.338 e. The van der Waals surface area contributed by atoms with E-state index in [0.717, 1.165) is 4.90 Å². The summed E-state index contributed by atoms with van der Waals surface area (Å²) in [5.41, 5.74) is 0.371. The molecule has 1 aromatic carbocycles. The molecule has 1 aliphatic heterocycles. The van der Waals surface area contributed by atoms with Crippen LogP contribution in [0, 0.1) is 0 Å². The summed E-state index contributed by atoms with van der Waals surface area (Å²) in [7, 11) is 1.56. The van der Waals surface area contributed by atoms with Crippen molar-refractivity contribution in [3.63, 3.8) is 0 Å². The second-order valence-electron chi connectivity index (χ2n) is 6.94. The average Bonchev–Trinajstić information content (AvgIpc) is 3.51. The standard InChI is InChI=1S/C22H18N2O7/c1-23(11-15-4-2-8-29-15)19(25)13-31-22(28)14-6-7-17-18(10-14)21(27)24(20(17)26)12-16-5-3-9-30-16/h2-10H,11-13H2,1H3.